The summed E-state index contributed by atoms with van der Waals surface area (Å²) < 4.78 is 5.02. The first kappa shape index (κ1) is 8.91. The molecule has 0 aliphatic rings. The Morgan fingerprint density at radius 1 is 1.42 bits per heavy atom. The summed E-state index contributed by atoms with van der Waals surface area (Å²) in [5.41, 5.74) is 2.05. The third-order valence-corrected chi connectivity index (χ3v) is 1.95. The van der Waals surface area contributed by atoms with Crippen LogP contribution >= 0.6 is 0 Å². The molecule has 0 heterocycles. The molecule has 0 bridgehead atoms. The molecule has 66 valence electrons. The number of benzene rings is 1. The molecule has 0 aliphatic heterocycles. The highest BCUT2D eigenvalue weighted by molar-refractivity contribution is 5.47. The van der Waals surface area contributed by atoms with E-state index in [9.17, 15) is 5.11 Å². The number of rotatable bonds is 2. The fourth-order valence-electron chi connectivity index (χ4n) is 1.18. The summed E-state index contributed by atoms with van der Waals surface area (Å²) in [5, 5.41) is 9.49. The van der Waals surface area contributed by atoms with Crippen LogP contribution in [0.2, 0.25) is 0 Å². The largest absolute Gasteiger partial charge is 0.504 e. The molecule has 0 unspecified atom stereocenters. The van der Waals surface area contributed by atoms with E-state index in [-0.39, 0.29) is 5.75 Å². The average Bonchev–Trinajstić information content (AvgIpc) is 2.09. The summed E-state index contributed by atoms with van der Waals surface area (Å²) in [5.74, 6) is 0.807. The Labute approximate surface area is 72.8 Å². The lowest BCUT2D eigenvalue weighted by molar-refractivity contribution is 0.371. The number of ether oxygens (including phenoxy) is 1. The minimum Gasteiger partial charge on any atom is -0.504 e. The van der Waals surface area contributed by atoms with Crippen molar-refractivity contribution < 1.29 is 9.84 Å². The summed E-state index contributed by atoms with van der Waals surface area (Å²) in [6.45, 7) is 3.95. The van der Waals surface area contributed by atoms with Crippen molar-refractivity contribution in [1.82, 2.24) is 0 Å². The summed E-state index contributed by atoms with van der Waals surface area (Å²) in [4.78, 5) is 0. The van der Waals surface area contributed by atoms with Gasteiger partial charge in [0.25, 0.3) is 0 Å². The van der Waals surface area contributed by atoms with Gasteiger partial charge in [0.05, 0.1) is 7.11 Å². The number of aromatic hydroxyl groups is 1. The van der Waals surface area contributed by atoms with Gasteiger partial charge in [0.15, 0.2) is 11.5 Å². The van der Waals surface area contributed by atoms with Crippen molar-refractivity contribution in [3.63, 3.8) is 0 Å². The normalized spacial score (nSPS) is 9.92. The van der Waals surface area contributed by atoms with Crippen LogP contribution in [0.25, 0.3) is 0 Å². The summed E-state index contributed by atoms with van der Waals surface area (Å²) in [7, 11) is 1.56. The zero-order valence-electron chi connectivity index (χ0n) is 7.72. The van der Waals surface area contributed by atoms with E-state index in [0.717, 1.165) is 12.0 Å². The van der Waals surface area contributed by atoms with Gasteiger partial charge < -0.3 is 9.84 Å². The second-order valence-corrected chi connectivity index (χ2v) is 2.82. The highest BCUT2D eigenvalue weighted by Crippen LogP contribution is 2.30. The molecule has 0 spiro atoms. The van der Waals surface area contributed by atoms with E-state index in [4.69, 9.17) is 4.74 Å². The van der Waals surface area contributed by atoms with Crippen LogP contribution in [0.3, 0.4) is 0 Å². The molecule has 1 N–H and O–H groups in total. The number of aryl methyl sites for hydroxylation is 2. The van der Waals surface area contributed by atoms with Crippen molar-refractivity contribution in [1.29, 1.82) is 0 Å². The van der Waals surface area contributed by atoms with Gasteiger partial charge >= 0.3 is 0 Å². The van der Waals surface area contributed by atoms with Gasteiger partial charge in [-0.15, -0.1) is 0 Å². The molecule has 1 aromatic rings. The first-order valence-corrected chi connectivity index (χ1v) is 4.05. The summed E-state index contributed by atoms with van der Waals surface area (Å²) in [6.07, 6.45) is 0.956. The van der Waals surface area contributed by atoms with E-state index < -0.39 is 0 Å². The molecule has 1 rings (SSSR count). The van der Waals surface area contributed by atoms with Crippen LogP contribution in [-0.2, 0) is 6.42 Å². The van der Waals surface area contributed by atoms with Gasteiger partial charge in [-0.05, 0) is 30.5 Å². The average molecular weight is 166 g/mol. The topological polar surface area (TPSA) is 29.5 Å². The summed E-state index contributed by atoms with van der Waals surface area (Å²) in [6, 6.07) is 3.83. The Morgan fingerprint density at radius 2 is 2.08 bits per heavy atom. The predicted molar refractivity (Wildman–Crippen MR) is 48.8 cm³/mol. The fourth-order valence-corrected chi connectivity index (χ4v) is 1.18. The molecule has 1 aromatic carbocycles. The molecule has 2 nitrogen and oxygen atoms in total. The second kappa shape index (κ2) is 3.48. The van der Waals surface area contributed by atoms with E-state index in [1.54, 1.807) is 7.11 Å². The molecule has 0 amide bonds. The zero-order valence-corrected chi connectivity index (χ0v) is 7.72. The van der Waals surface area contributed by atoms with Gasteiger partial charge in [0.1, 0.15) is 0 Å². The first-order valence-electron chi connectivity index (χ1n) is 4.05. The minimum atomic E-state index is 0.245. The van der Waals surface area contributed by atoms with Gasteiger partial charge in [0, 0.05) is 0 Å². The number of hydrogen-bond donors (Lipinski definition) is 1. The third kappa shape index (κ3) is 1.52. The molecule has 2 heteroatoms. The maximum atomic E-state index is 9.49. The van der Waals surface area contributed by atoms with Crippen LogP contribution in [-0.4, -0.2) is 12.2 Å². The Balaban J connectivity index is 3.19. The molecule has 0 aliphatic carbocycles. The number of phenols is 1. The van der Waals surface area contributed by atoms with Crippen molar-refractivity contribution in [3.8, 4) is 11.5 Å². The lowest BCUT2D eigenvalue weighted by atomic mass is 10.1. The van der Waals surface area contributed by atoms with Crippen molar-refractivity contribution in [2.45, 2.75) is 20.3 Å². The van der Waals surface area contributed by atoms with E-state index >= 15 is 0 Å². The van der Waals surface area contributed by atoms with Gasteiger partial charge in [-0.2, -0.15) is 0 Å². The lowest BCUT2D eigenvalue weighted by Gasteiger charge is -2.07. The lowest BCUT2D eigenvalue weighted by Crippen LogP contribution is -1.89. The van der Waals surface area contributed by atoms with Crippen molar-refractivity contribution >= 4 is 0 Å². The Hall–Kier alpha value is -1.18. The molecule has 12 heavy (non-hydrogen) atoms. The van der Waals surface area contributed by atoms with Crippen LogP contribution in [0.15, 0.2) is 12.1 Å². The molecule has 0 saturated carbocycles. The highest BCUT2D eigenvalue weighted by Gasteiger charge is 2.05. The molecule has 0 saturated heterocycles. The van der Waals surface area contributed by atoms with Gasteiger partial charge in [-0.1, -0.05) is 13.0 Å². The van der Waals surface area contributed by atoms with E-state index in [2.05, 4.69) is 6.92 Å². The maximum Gasteiger partial charge on any atom is 0.161 e. The van der Waals surface area contributed by atoms with Gasteiger partial charge in [-0.3, -0.25) is 0 Å². The summed E-state index contributed by atoms with van der Waals surface area (Å²) >= 11 is 0. The van der Waals surface area contributed by atoms with Gasteiger partial charge in [-0.25, -0.2) is 0 Å². The van der Waals surface area contributed by atoms with Crippen LogP contribution < -0.4 is 4.74 Å². The fraction of sp³-hybridized carbons (Fsp3) is 0.400. The number of phenolic OH excluding ortho intramolecular Hbond substituents is 1. The van der Waals surface area contributed by atoms with Crippen molar-refractivity contribution in [2.75, 3.05) is 7.11 Å². The Morgan fingerprint density at radius 3 is 2.58 bits per heavy atom. The van der Waals surface area contributed by atoms with Crippen LogP contribution in [0.5, 0.6) is 11.5 Å². The molecular formula is C10H14O2. The molecule has 0 radical (unpaired) electrons. The SMILES string of the molecule is CCc1cc(C)c(O)c(OC)c1. The Bertz CT molecular complexity index is 279. The first-order chi connectivity index (χ1) is 5.69. The quantitative estimate of drug-likeness (QED) is 0.730. The van der Waals surface area contributed by atoms with E-state index in [1.807, 2.05) is 19.1 Å². The van der Waals surface area contributed by atoms with Crippen molar-refractivity contribution in [3.05, 3.63) is 23.3 Å². The monoisotopic (exact) mass is 166 g/mol. The standard InChI is InChI=1S/C10H14O2/c1-4-8-5-7(2)10(11)9(6-8)12-3/h5-6,11H,4H2,1-3H3. The van der Waals surface area contributed by atoms with Crippen molar-refractivity contribution in [2.24, 2.45) is 0 Å². The number of methoxy groups -OCH3 is 1. The predicted octanol–water partition coefficient (Wildman–Crippen LogP) is 2.27. The molecular weight excluding hydrogens is 152 g/mol. The third-order valence-electron chi connectivity index (χ3n) is 1.95. The van der Waals surface area contributed by atoms with E-state index in [1.165, 1.54) is 5.56 Å². The smallest absolute Gasteiger partial charge is 0.161 e. The highest BCUT2D eigenvalue weighted by atomic mass is 16.5. The molecule has 0 atom stereocenters. The van der Waals surface area contributed by atoms with E-state index in [0.29, 0.717) is 5.75 Å². The molecule has 0 aromatic heterocycles. The zero-order chi connectivity index (χ0) is 9.14. The second-order valence-electron chi connectivity index (χ2n) is 2.82. The number of hydrogen-bond acceptors (Lipinski definition) is 2. The van der Waals surface area contributed by atoms with Gasteiger partial charge in [0.2, 0.25) is 0 Å². The van der Waals surface area contributed by atoms with Crippen LogP contribution in [0.1, 0.15) is 18.1 Å². The molecule has 0 fully saturated rings. The maximum absolute atomic E-state index is 9.49. The van der Waals surface area contributed by atoms with Crippen LogP contribution in [0.4, 0.5) is 0 Å². The minimum absolute atomic E-state index is 0.245. The Kier molecular flexibility index (Phi) is 2.58. The van der Waals surface area contributed by atoms with Crippen LogP contribution in [0, 0.1) is 6.92 Å².